The van der Waals surface area contributed by atoms with E-state index in [1.54, 1.807) is 0 Å². The number of halogens is 1. The van der Waals surface area contributed by atoms with Gasteiger partial charge in [-0.1, -0.05) is 48.0 Å². The van der Waals surface area contributed by atoms with Crippen molar-refractivity contribution >= 4 is 28.5 Å². The fourth-order valence-electron chi connectivity index (χ4n) is 2.16. The quantitative estimate of drug-likeness (QED) is 0.696. The van der Waals surface area contributed by atoms with Gasteiger partial charge < -0.3 is 0 Å². The maximum atomic E-state index is 12.6. The van der Waals surface area contributed by atoms with Crippen molar-refractivity contribution in [3.63, 3.8) is 0 Å². The van der Waals surface area contributed by atoms with Gasteiger partial charge in [-0.3, -0.25) is 4.21 Å². The molecule has 0 radical (unpaired) electrons. The van der Waals surface area contributed by atoms with Gasteiger partial charge in [-0.25, -0.2) is 0 Å². The first kappa shape index (κ1) is 11.0. The predicted octanol–water partition coefficient (Wildman–Crippen LogP) is 3.73. The van der Waals surface area contributed by atoms with Gasteiger partial charge in [0.15, 0.2) is 0 Å². The minimum absolute atomic E-state index is 0.0657. The highest BCUT2D eigenvalue weighted by atomic mass is 35.5. The topological polar surface area (TPSA) is 17.1 Å². The summed E-state index contributed by atoms with van der Waals surface area (Å²) in [6, 6.07) is 5.58. The average Bonchev–Trinajstić information content (AvgIpc) is 2.49. The highest BCUT2D eigenvalue weighted by Crippen LogP contribution is 2.32. The lowest BCUT2D eigenvalue weighted by molar-refractivity contribution is 0.676. The van der Waals surface area contributed by atoms with Crippen molar-refractivity contribution in [2.75, 3.05) is 0 Å². The Morgan fingerprint density at radius 3 is 3.06 bits per heavy atom. The first-order chi connectivity index (χ1) is 8.25. The standard InChI is InChI=1S/C14H11ClOS/c15-12-8-7-11-6-5-10-3-1-2-4-13(10)17(16)14(11)9-12/h1-3,5-9,13H,4H2. The van der Waals surface area contributed by atoms with Gasteiger partial charge in [0.05, 0.1) is 16.0 Å². The van der Waals surface area contributed by atoms with Crippen LogP contribution in [0.1, 0.15) is 12.0 Å². The third-order valence-corrected chi connectivity index (χ3v) is 5.06. The van der Waals surface area contributed by atoms with Crippen LogP contribution in [0.2, 0.25) is 5.02 Å². The van der Waals surface area contributed by atoms with Crippen LogP contribution in [-0.4, -0.2) is 9.46 Å². The lowest BCUT2D eigenvalue weighted by Gasteiger charge is -2.17. The van der Waals surface area contributed by atoms with Crippen molar-refractivity contribution in [2.45, 2.75) is 16.6 Å². The fourth-order valence-corrected chi connectivity index (χ4v) is 4.00. The smallest absolute Gasteiger partial charge is 0.0678 e. The molecule has 1 aliphatic heterocycles. The molecule has 1 heterocycles. The van der Waals surface area contributed by atoms with E-state index in [1.165, 1.54) is 0 Å². The van der Waals surface area contributed by atoms with Crippen molar-refractivity contribution in [2.24, 2.45) is 0 Å². The van der Waals surface area contributed by atoms with Crippen molar-refractivity contribution < 1.29 is 4.21 Å². The molecule has 0 saturated heterocycles. The molecule has 0 fully saturated rings. The number of hydrogen-bond donors (Lipinski definition) is 0. The van der Waals surface area contributed by atoms with Crippen molar-refractivity contribution in [1.29, 1.82) is 0 Å². The van der Waals surface area contributed by atoms with E-state index in [0.717, 1.165) is 22.5 Å². The average molecular weight is 263 g/mol. The molecular weight excluding hydrogens is 252 g/mol. The van der Waals surface area contributed by atoms with Crippen molar-refractivity contribution in [3.05, 3.63) is 58.7 Å². The Labute approximate surface area is 108 Å². The number of hydrogen-bond acceptors (Lipinski definition) is 1. The summed E-state index contributed by atoms with van der Waals surface area (Å²) in [6.45, 7) is 0. The van der Waals surface area contributed by atoms with Crippen molar-refractivity contribution in [3.8, 4) is 0 Å². The van der Waals surface area contributed by atoms with Crippen LogP contribution in [0.15, 0.2) is 53.0 Å². The normalized spacial score (nSPS) is 25.8. The zero-order valence-corrected chi connectivity index (χ0v) is 10.7. The van der Waals surface area contributed by atoms with Crippen LogP contribution < -0.4 is 0 Å². The van der Waals surface area contributed by atoms with E-state index in [1.807, 2.05) is 36.4 Å². The molecule has 0 bridgehead atoms. The summed E-state index contributed by atoms with van der Waals surface area (Å²) in [5.41, 5.74) is 2.14. The van der Waals surface area contributed by atoms with Gasteiger partial charge in [-0.05, 0) is 29.7 Å². The minimum atomic E-state index is -1.03. The molecule has 3 heteroatoms. The Kier molecular flexibility index (Phi) is 2.77. The Bertz CT molecular complexity index is 584. The molecule has 2 atom stereocenters. The van der Waals surface area contributed by atoms with E-state index in [9.17, 15) is 4.21 Å². The van der Waals surface area contributed by atoms with E-state index in [2.05, 4.69) is 12.2 Å². The maximum Gasteiger partial charge on any atom is 0.0678 e. The summed E-state index contributed by atoms with van der Waals surface area (Å²) < 4.78 is 12.6. The zero-order valence-electron chi connectivity index (χ0n) is 9.10. The number of benzene rings is 1. The lowest BCUT2D eigenvalue weighted by atomic mass is 10.0. The van der Waals surface area contributed by atoms with E-state index in [0.29, 0.717) is 5.02 Å². The van der Waals surface area contributed by atoms with Crippen LogP contribution in [0, 0.1) is 0 Å². The molecular formula is C14H11ClOS. The first-order valence-corrected chi connectivity index (χ1v) is 7.10. The van der Waals surface area contributed by atoms with E-state index in [4.69, 9.17) is 11.6 Å². The molecule has 1 aromatic rings. The van der Waals surface area contributed by atoms with Crippen LogP contribution in [0.25, 0.3) is 6.08 Å². The van der Waals surface area contributed by atoms with Crippen molar-refractivity contribution in [1.82, 2.24) is 0 Å². The molecule has 17 heavy (non-hydrogen) atoms. The van der Waals surface area contributed by atoms with Gasteiger partial charge in [-0.15, -0.1) is 0 Å². The molecule has 0 N–H and O–H groups in total. The first-order valence-electron chi connectivity index (χ1n) is 5.50. The van der Waals surface area contributed by atoms with Crippen LogP contribution >= 0.6 is 11.6 Å². The largest absolute Gasteiger partial charge is 0.254 e. The van der Waals surface area contributed by atoms with Crippen LogP contribution in [0.4, 0.5) is 0 Å². The molecule has 0 spiro atoms. The van der Waals surface area contributed by atoms with Gasteiger partial charge in [0.25, 0.3) is 0 Å². The molecule has 2 aliphatic rings. The minimum Gasteiger partial charge on any atom is -0.254 e. The zero-order chi connectivity index (χ0) is 11.8. The molecule has 1 aliphatic carbocycles. The molecule has 1 nitrogen and oxygen atoms in total. The Morgan fingerprint density at radius 2 is 2.18 bits per heavy atom. The summed E-state index contributed by atoms with van der Waals surface area (Å²) in [4.78, 5) is 0.845. The summed E-state index contributed by atoms with van der Waals surface area (Å²) in [5, 5.41) is 0.709. The second kappa shape index (κ2) is 4.28. The van der Waals surface area contributed by atoms with E-state index >= 15 is 0 Å². The third-order valence-electron chi connectivity index (χ3n) is 3.05. The molecule has 1 aromatic carbocycles. The summed E-state index contributed by atoms with van der Waals surface area (Å²) in [6.07, 6.45) is 11.0. The summed E-state index contributed by atoms with van der Waals surface area (Å²) >= 11 is 5.98. The Balaban J connectivity index is 2.16. The van der Waals surface area contributed by atoms with Gasteiger partial charge in [0.1, 0.15) is 0 Å². The SMILES string of the molecule is O=S1c2cc(Cl)ccc2C=CC2=CC=CCC21. The third kappa shape index (κ3) is 1.92. The molecule has 0 saturated carbocycles. The van der Waals surface area contributed by atoms with Crippen LogP contribution in [-0.2, 0) is 10.8 Å². The molecule has 86 valence electrons. The van der Waals surface area contributed by atoms with Crippen LogP contribution in [0.5, 0.6) is 0 Å². The maximum absolute atomic E-state index is 12.6. The second-order valence-electron chi connectivity index (χ2n) is 4.13. The molecule has 0 amide bonds. The molecule has 2 unspecified atom stereocenters. The highest BCUT2D eigenvalue weighted by molar-refractivity contribution is 7.86. The number of rotatable bonds is 0. The number of fused-ring (bicyclic) bond motifs is 2. The van der Waals surface area contributed by atoms with E-state index in [-0.39, 0.29) is 5.25 Å². The Morgan fingerprint density at radius 1 is 1.29 bits per heavy atom. The highest BCUT2D eigenvalue weighted by Gasteiger charge is 2.25. The summed E-state index contributed by atoms with van der Waals surface area (Å²) in [7, 11) is -1.03. The fraction of sp³-hybridized carbons (Fsp3) is 0.143. The monoisotopic (exact) mass is 262 g/mol. The Hall–Kier alpha value is -1.12. The van der Waals surface area contributed by atoms with Crippen LogP contribution in [0.3, 0.4) is 0 Å². The predicted molar refractivity (Wildman–Crippen MR) is 72.5 cm³/mol. The molecule has 3 rings (SSSR count). The lowest BCUT2D eigenvalue weighted by Crippen LogP contribution is -2.17. The molecule has 0 aromatic heterocycles. The van der Waals surface area contributed by atoms with Gasteiger partial charge in [0, 0.05) is 9.92 Å². The number of allylic oxidation sites excluding steroid dienone is 4. The van der Waals surface area contributed by atoms with Gasteiger partial charge in [0.2, 0.25) is 0 Å². The second-order valence-corrected chi connectivity index (χ2v) is 6.17. The van der Waals surface area contributed by atoms with Gasteiger partial charge in [-0.2, -0.15) is 0 Å². The summed E-state index contributed by atoms with van der Waals surface area (Å²) in [5.74, 6) is 0. The van der Waals surface area contributed by atoms with Gasteiger partial charge >= 0.3 is 0 Å². The van der Waals surface area contributed by atoms with E-state index < -0.39 is 10.8 Å².